The number of anilines is 1. The summed E-state index contributed by atoms with van der Waals surface area (Å²) >= 11 is 3.37. The third-order valence-corrected chi connectivity index (χ3v) is 4.89. The van der Waals surface area contributed by atoms with Gasteiger partial charge in [-0.25, -0.2) is 0 Å². The second-order valence-corrected chi connectivity index (χ2v) is 7.34. The Balaban J connectivity index is 1.97. The number of carbonyl (C=O) groups is 2. The molecule has 0 saturated carbocycles. The number of benzene rings is 3. The van der Waals surface area contributed by atoms with Crippen molar-refractivity contribution >= 4 is 39.5 Å². The summed E-state index contributed by atoms with van der Waals surface area (Å²) in [5.41, 5.74) is 1.66. The molecule has 0 unspecified atom stereocenters. The standard InChI is InChI=1S/C24H21BrN2O4/c1-30-21-10-6-9-17(22(21)31-2)15-20(27-23(28)16-7-4-3-5-8-16)24(29)26-19-13-11-18(25)12-14-19/h3-15H,1-2H3,(H,26,29)(H,27,28). The highest BCUT2D eigenvalue weighted by Gasteiger charge is 2.17. The van der Waals surface area contributed by atoms with Crippen LogP contribution in [0.15, 0.2) is 83.0 Å². The molecule has 0 radical (unpaired) electrons. The monoisotopic (exact) mass is 480 g/mol. The molecule has 2 amide bonds. The Labute approximate surface area is 189 Å². The van der Waals surface area contributed by atoms with E-state index in [1.54, 1.807) is 60.7 Å². The molecule has 0 saturated heterocycles. The zero-order valence-corrected chi connectivity index (χ0v) is 18.6. The predicted molar refractivity (Wildman–Crippen MR) is 124 cm³/mol. The van der Waals surface area contributed by atoms with E-state index in [9.17, 15) is 9.59 Å². The van der Waals surface area contributed by atoms with Crippen molar-refractivity contribution in [2.45, 2.75) is 0 Å². The summed E-state index contributed by atoms with van der Waals surface area (Å²) in [5.74, 6) is 0.0855. The van der Waals surface area contributed by atoms with Crippen LogP contribution in [0.3, 0.4) is 0 Å². The third-order valence-electron chi connectivity index (χ3n) is 4.36. The van der Waals surface area contributed by atoms with E-state index < -0.39 is 11.8 Å². The molecule has 158 valence electrons. The second kappa shape index (κ2) is 10.4. The Morgan fingerprint density at radius 2 is 1.58 bits per heavy atom. The van der Waals surface area contributed by atoms with Crippen LogP contribution in [-0.4, -0.2) is 26.0 Å². The van der Waals surface area contributed by atoms with Crippen molar-refractivity contribution in [3.05, 3.63) is 94.1 Å². The molecule has 0 atom stereocenters. The minimum atomic E-state index is -0.475. The Morgan fingerprint density at radius 3 is 2.23 bits per heavy atom. The van der Waals surface area contributed by atoms with Crippen LogP contribution in [0.4, 0.5) is 5.69 Å². The number of para-hydroxylation sites is 1. The number of hydrogen-bond acceptors (Lipinski definition) is 4. The third kappa shape index (κ3) is 5.73. The number of hydrogen-bond donors (Lipinski definition) is 2. The highest BCUT2D eigenvalue weighted by molar-refractivity contribution is 9.10. The molecule has 0 fully saturated rings. The van der Waals surface area contributed by atoms with Gasteiger partial charge in [0.05, 0.1) is 14.2 Å². The van der Waals surface area contributed by atoms with E-state index in [-0.39, 0.29) is 5.70 Å². The largest absolute Gasteiger partial charge is 0.493 e. The maximum atomic E-state index is 13.0. The molecule has 0 spiro atoms. The van der Waals surface area contributed by atoms with Crippen molar-refractivity contribution < 1.29 is 19.1 Å². The first-order valence-electron chi connectivity index (χ1n) is 9.38. The zero-order valence-electron chi connectivity index (χ0n) is 17.0. The molecule has 6 nitrogen and oxygen atoms in total. The van der Waals surface area contributed by atoms with E-state index in [4.69, 9.17) is 9.47 Å². The fraction of sp³-hybridized carbons (Fsp3) is 0.0833. The van der Waals surface area contributed by atoms with E-state index in [1.807, 2.05) is 18.2 Å². The van der Waals surface area contributed by atoms with Gasteiger partial charge in [-0.2, -0.15) is 0 Å². The smallest absolute Gasteiger partial charge is 0.272 e. The number of halogens is 1. The molecule has 2 N–H and O–H groups in total. The van der Waals surface area contributed by atoms with Crippen LogP contribution >= 0.6 is 15.9 Å². The molecule has 3 rings (SSSR count). The van der Waals surface area contributed by atoms with Gasteiger partial charge in [0.25, 0.3) is 11.8 Å². The lowest BCUT2D eigenvalue weighted by atomic mass is 10.1. The Morgan fingerprint density at radius 1 is 0.871 bits per heavy atom. The van der Waals surface area contributed by atoms with E-state index in [1.165, 1.54) is 14.2 Å². The number of nitrogens with one attached hydrogen (secondary N) is 2. The average Bonchev–Trinajstić information content (AvgIpc) is 2.80. The zero-order chi connectivity index (χ0) is 22.2. The van der Waals surface area contributed by atoms with Gasteiger partial charge in [0, 0.05) is 21.3 Å². The van der Waals surface area contributed by atoms with Gasteiger partial charge in [0.15, 0.2) is 11.5 Å². The SMILES string of the molecule is COc1cccc(C=C(NC(=O)c2ccccc2)C(=O)Nc2ccc(Br)cc2)c1OC. The highest BCUT2D eigenvalue weighted by Crippen LogP contribution is 2.32. The Hall–Kier alpha value is -3.58. The fourth-order valence-electron chi connectivity index (χ4n) is 2.86. The van der Waals surface area contributed by atoms with Gasteiger partial charge in [-0.3, -0.25) is 9.59 Å². The van der Waals surface area contributed by atoms with Crippen molar-refractivity contribution in [1.29, 1.82) is 0 Å². The molecule has 0 aromatic heterocycles. The van der Waals surface area contributed by atoms with Crippen molar-refractivity contribution in [1.82, 2.24) is 5.32 Å². The normalized spacial score (nSPS) is 10.9. The predicted octanol–water partition coefficient (Wildman–Crippen LogP) is 4.88. The molecule has 31 heavy (non-hydrogen) atoms. The van der Waals surface area contributed by atoms with Gasteiger partial charge in [0.2, 0.25) is 0 Å². The van der Waals surface area contributed by atoms with E-state index in [0.29, 0.717) is 28.3 Å². The number of carbonyl (C=O) groups excluding carboxylic acids is 2. The average molecular weight is 481 g/mol. The Bertz CT molecular complexity index is 1100. The van der Waals surface area contributed by atoms with Crippen molar-refractivity contribution in [2.75, 3.05) is 19.5 Å². The fourth-order valence-corrected chi connectivity index (χ4v) is 3.12. The summed E-state index contributed by atoms with van der Waals surface area (Å²) in [7, 11) is 3.04. The van der Waals surface area contributed by atoms with Crippen LogP contribution < -0.4 is 20.1 Å². The van der Waals surface area contributed by atoms with Gasteiger partial charge in [-0.1, -0.05) is 46.3 Å². The Kier molecular flexibility index (Phi) is 7.45. The molecule has 0 aliphatic carbocycles. The summed E-state index contributed by atoms with van der Waals surface area (Å²) in [6.45, 7) is 0. The van der Waals surface area contributed by atoms with Crippen LogP contribution in [0.2, 0.25) is 0 Å². The van der Waals surface area contributed by atoms with E-state index in [0.717, 1.165) is 4.47 Å². The minimum Gasteiger partial charge on any atom is -0.493 e. The minimum absolute atomic E-state index is 0.0586. The number of ether oxygens (including phenoxy) is 2. The van der Waals surface area contributed by atoms with Crippen LogP contribution in [0, 0.1) is 0 Å². The van der Waals surface area contributed by atoms with Crippen LogP contribution in [0.25, 0.3) is 6.08 Å². The van der Waals surface area contributed by atoms with E-state index >= 15 is 0 Å². The molecule has 3 aromatic carbocycles. The summed E-state index contributed by atoms with van der Waals surface area (Å²) < 4.78 is 11.7. The lowest BCUT2D eigenvalue weighted by molar-refractivity contribution is -0.113. The molecule has 3 aromatic rings. The number of methoxy groups -OCH3 is 2. The summed E-state index contributed by atoms with van der Waals surface area (Å²) in [6, 6.07) is 21.1. The first-order chi connectivity index (χ1) is 15.0. The first kappa shape index (κ1) is 22.1. The quantitative estimate of drug-likeness (QED) is 0.472. The van der Waals surface area contributed by atoms with Gasteiger partial charge < -0.3 is 20.1 Å². The molecule has 0 aliphatic heterocycles. The van der Waals surface area contributed by atoms with E-state index in [2.05, 4.69) is 26.6 Å². The number of amides is 2. The molecule has 7 heteroatoms. The van der Waals surface area contributed by atoms with Crippen LogP contribution in [-0.2, 0) is 4.79 Å². The van der Waals surface area contributed by atoms with Crippen LogP contribution in [0.5, 0.6) is 11.5 Å². The lowest BCUT2D eigenvalue weighted by Gasteiger charge is -2.14. The van der Waals surface area contributed by atoms with Gasteiger partial charge in [-0.05, 0) is 48.5 Å². The maximum Gasteiger partial charge on any atom is 0.272 e. The second-order valence-electron chi connectivity index (χ2n) is 6.42. The summed E-state index contributed by atoms with van der Waals surface area (Å²) in [4.78, 5) is 25.8. The topological polar surface area (TPSA) is 76.7 Å². The van der Waals surface area contributed by atoms with Gasteiger partial charge in [-0.15, -0.1) is 0 Å². The van der Waals surface area contributed by atoms with Crippen LogP contribution in [0.1, 0.15) is 15.9 Å². The highest BCUT2D eigenvalue weighted by atomic mass is 79.9. The summed E-state index contributed by atoms with van der Waals surface area (Å²) in [6.07, 6.45) is 1.55. The maximum absolute atomic E-state index is 13.0. The molecular formula is C24H21BrN2O4. The van der Waals surface area contributed by atoms with Crippen molar-refractivity contribution in [2.24, 2.45) is 0 Å². The summed E-state index contributed by atoms with van der Waals surface area (Å²) in [5, 5.41) is 5.50. The molecular weight excluding hydrogens is 460 g/mol. The lowest BCUT2D eigenvalue weighted by Crippen LogP contribution is -2.30. The molecule has 0 bridgehead atoms. The van der Waals surface area contributed by atoms with Gasteiger partial charge in [0.1, 0.15) is 5.70 Å². The van der Waals surface area contributed by atoms with Crippen molar-refractivity contribution in [3.8, 4) is 11.5 Å². The number of rotatable bonds is 7. The van der Waals surface area contributed by atoms with Crippen molar-refractivity contribution in [3.63, 3.8) is 0 Å². The molecule has 0 heterocycles. The van der Waals surface area contributed by atoms with Gasteiger partial charge >= 0.3 is 0 Å². The first-order valence-corrected chi connectivity index (χ1v) is 10.2. The molecule has 0 aliphatic rings.